The van der Waals surface area contributed by atoms with Gasteiger partial charge in [-0.3, -0.25) is 9.38 Å². The molecule has 4 aromatic heterocycles. The molecule has 0 saturated carbocycles. The molecule has 5 aromatic rings. The third-order valence-electron chi connectivity index (χ3n) is 5.15. The molecule has 0 fully saturated rings. The molecular formula is C20H15F3N6O3S. The maximum Gasteiger partial charge on any atom is 0.573 e. The van der Waals surface area contributed by atoms with E-state index in [1.54, 1.807) is 23.9 Å². The van der Waals surface area contributed by atoms with Gasteiger partial charge in [0, 0.05) is 30.9 Å². The largest absolute Gasteiger partial charge is 0.573 e. The summed E-state index contributed by atoms with van der Waals surface area (Å²) >= 11 is 0. The number of alkyl halides is 3. The van der Waals surface area contributed by atoms with Gasteiger partial charge in [-0.2, -0.15) is 0 Å². The van der Waals surface area contributed by atoms with Crippen LogP contribution in [0.4, 0.5) is 13.2 Å². The Morgan fingerprint density at radius 1 is 1.12 bits per heavy atom. The lowest BCUT2D eigenvalue weighted by molar-refractivity contribution is -0.274. The second-order valence-electron chi connectivity index (χ2n) is 7.17. The monoisotopic (exact) mass is 476 g/mol. The number of aryl methyl sites for hydroxylation is 1. The number of pyridine rings is 1. The van der Waals surface area contributed by atoms with E-state index in [2.05, 4.69) is 24.7 Å². The summed E-state index contributed by atoms with van der Waals surface area (Å²) in [6, 6.07) is 5.41. The van der Waals surface area contributed by atoms with Crippen molar-refractivity contribution in [2.24, 2.45) is 7.05 Å². The Morgan fingerprint density at radius 3 is 2.64 bits per heavy atom. The molecule has 0 N–H and O–H groups in total. The van der Waals surface area contributed by atoms with Crippen molar-refractivity contribution < 1.29 is 26.3 Å². The van der Waals surface area contributed by atoms with Crippen molar-refractivity contribution in [2.45, 2.75) is 18.3 Å². The molecule has 0 radical (unpaired) electrons. The SMILES string of the molecule is CCS(=O)(=O)c1c(-c2nc3cnc4cc(OC(F)(F)F)ccc4c3n2C)nc2ncccn12. The van der Waals surface area contributed by atoms with Gasteiger partial charge in [-0.1, -0.05) is 6.92 Å². The highest BCUT2D eigenvalue weighted by Gasteiger charge is 2.31. The Bertz CT molecular complexity index is 1660. The Morgan fingerprint density at radius 2 is 1.91 bits per heavy atom. The lowest BCUT2D eigenvalue weighted by atomic mass is 10.2. The number of rotatable bonds is 4. The summed E-state index contributed by atoms with van der Waals surface area (Å²) in [6.45, 7) is 1.53. The van der Waals surface area contributed by atoms with Crippen LogP contribution in [0.25, 0.3) is 39.2 Å². The molecule has 0 atom stereocenters. The minimum Gasteiger partial charge on any atom is -0.406 e. The van der Waals surface area contributed by atoms with Crippen LogP contribution in [-0.4, -0.2) is 49.4 Å². The molecule has 9 nitrogen and oxygen atoms in total. The summed E-state index contributed by atoms with van der Waals surface area (Å²) in [7, 11) is -2.04. The summed E-state index contributed by atoms with van der Waals surface area (Å²) in [4.78, 5) is 17.3. The first-order valence-corrected chi connectivity index (χ1v) is 11.3. The Hall–Kier alpha value is -3.74. The first kappa shape index (κ1) is 21.1. The van der Waals surface area contributed by atoms with Crippen LogP contribution in [0.15, 0.2) is 47.9 Å². The fourth-order valence-corrected chi connectivity index (χ4v) is 4.88. The topological polar surface area (TPSA) is 104 Å². The highest BCUT2D eigenvalue weighted by molar-refractivity contribution is 7.91. The van der Waals surface area contributed by atoms with Crippen molar-refractivity contribution in [3.63, 3.8) is 0 Å². The quantitative estimate of drug-likeness (QED) is 0.391. The highest BCUT2D eigenvalue weighted by atomic mass is 32.2. The molecule has 0 unspecified atom stereocenters. The summed E-state index contributed by atoms with van der Waals surface area (Å²) in [5.41, 5.74) is 1.36. The van der Waals surface area contributed by atoms with E-state index in [1.165, 1.54) is 41.9 Å². The van der Waals surface area contributed by atoms with Gasteiger partial charge in [0.05, 0.1) is 23.0 Å². The van der Waals surface area contributed by atoms with Crippen LogP contribution in [-0.2, 0) is 16.9 Å². The van der Waals surface area contributed by atoms with Gasteiger partial charge in [0.1, 0.15) is 17.0 Å². The van der Waals surface area contributed by atoms with Gasteiger partial charge >= 0.3 is 6.36 Å². The molecule has 13 heteroatoms. The average Bonchev–Trinajstić information content (AvgIpc) is 3.31. The summed E-state index contributed by atoms with van der Waals surface area (Å²) < 4.78 is 70.6. The number of ether oxygens (including phenoxy) is 1. The molecule has 170 valence electrons. The van der Waals surface area contributed by atoms with E-state index in [4.69, 9.17) is 0 Å². The van der Waals surface area contributed by atoms with Crippen molar-refractivity contribution >= 4 is 37.6 Å². The average molecular weight is 476 g/mol. The van der Waals surface area contributed by atoms with Gasteiger partial charge in [0.15, 0.2) is 20.7 Å². The Balaban J connectivity index is 1.77. The molecule has 5 rings (SSSR count). The summed E-state index contributed by atoms with van der Waals surface area (Å²) in [6.07, 6.45) is -0.360. The van der Waals surface area contributed by atoms with E-state index in [0.29, 0.717) is 16.4 Å². The van der Waals surface area contributed by atoms with E-state index >= 15 is 0 Å². The molecule has 0 aliphatic carbocycles. The van der Waals surface area contributed by atoms with E-state index < -0.39 is 21.9 Å². The maximum atomic E-state index is 12.9. The number of halogens is 3. The van der Waals surface area contributed by atoms with Crippen LogP contribution >= 0.6 is 0 Å². The van der Waals surface area contributed by atoms with Crippen LogP contribution in [0.2, 0.25) is 0 Å². The van der Waals surface area contributed by atoms with Gasteiger partial charge in [-0.15, -0.1) is 13.2 Å². The van der Waals surface area contributed by atoms with Crippen LogP contribution < -0.4 is 4.74 Å². The zero-order valence-corrected chi connectivity index (χ0v) is 18.0. The maximum absolute atomic E-state index is 12.9. The van der Waals surface area contributed by atoms with Crippen molar-refractivity contribution in [2.75, 3.05) is 5.75 Å². The lowest BCUT2D eigenvalue weighted by Gasteiger charge is -2.10. The van der Waals surface area contributed by atoms with E-state index in [0.717, 1.165) is 0 Å². The first-order valence-electron chi connectivity index (χ1n) is 9.66. The van der Waals surface area contributed by atoms with Crippen molar-refractivity contribution in [3.05, 3.63) is 42.9 Å². The molecule has 0 saturated heterocycles. The third kappa shape index (κ3) is 3.44. The number of nitrogens with zero attached hydrogens (tertiary/aromatic N) is 6. The van der Waals surface area contributed by atoms with Crippen molar-refractivity contribution in [1.29, 1.82) is 0 Å². The molecule has 33 heavy (non-hydrogen) atoms. The standard InChI is InChI=1S/C20H15F3N6O3S/c1-3-33(30,31)18-15(27-19-24-7-4-8-29(18)19)17-26-14-10-25-13-9-11(32-20(21,22)23)5-6-12(13)16(14)28(17)2/h4-10H,3H2,1-2H3. The van der Waals surface area contributed by atoms with Crippen LogP contribution in [0.1, 0.15) is 6.92 Å². The van der Waals surface area contributed by atoms with Crippen LogP contribution in [0.5, 0.6) is 5.75 Å². The van der Waals surface area contributed by atoms with Gasteiger partial charge in [-0.25, -0.2) is 23.4 Å². The van der Waals surface area contributed by atoms with Crippen molar-refractivity contribution in [3.8, 4) is 17.3 Å². The zero-order valence-electron chi connectivity index (χ0n) is 17.2. The molecule has 0 spiro atoms. The first-order chi connectivity index (χ1) is 15.6. The smallest absolute Gasteiger partial charge is 0.406 e. The number of aromatic nitrogens is 6. The Kier molecular flexibility index (Phi) is 4.57. The molecule has 0 aliphatic rings. The molecule has 4 heterocycles. The van der Waals surface area contributed by atoms with Crippen LogP contribution in [0.3, 0.4) is 0 Å². The zero-order chi connectivity index (χ0) is 23.5. The minimum atomic E-state index is -4.82. The summed E-state index contributed by atoms with van der Waals surface area (Å²) in [5.74, 6) is -0.0954. The van der Waals surface area contributed by atoms with Gasteiger partial charge in [0.25, 0.3) is 0 Å². The Labute approximate surface area is 184 Å². The molecule has 0 aliphatic heterocycles. The molecule has 1 aromatic carbocycles. The summed E-state index contributed by atoms with van der Waals surface area (Å²) in [5, 5.41) is 0.481. The van der Waals surface area contributed by atoms with Gasteiger partial charge in [-0.05, 0) is 18.2 Å². The lowest BCUT2D eigenvalue weighted by Crippen LogP contribution is -2.17. The number of sulfone groups is 1. The predicted octanol–water partition coefficient (Wildman–Crippen LogP) is 3.52. The van der Waals surface area contributed by atoms with E-state index in [9.17, 15) is 21.6 Å². The molecule has 0 bridgehead atoms. The second kappa shape index (κ2) is 7.13. The fourth-order valence-electron chi connectivity index (χ4n) is 3.73. The van der Waals surface area contributed by atoms with Gasteiger partial charge in [0.2, 0.25) is 5.78 Å². The van der Waals surface area contributed by atoms with E-state index in [-0.39, 0.29) is 33.6 Å². The third-order valence-corrected chi connectivity index (χ3v) is 6.89. The minimum absolute atomic E-state index is 0.0374. The van der Waals surface area contributed by atoms with Crippen molar-refractivity contribution in [1.82, 2.24) is 28.9 Å². The highest BCUT2D eigenvalue weighted by Crippen LogP contribution is 2.34. The fraction of sp³-hybridized carbons (Fsp3) is 0.200. The van der Waals surface area contributed by atoms with Gasteiger partial charge < -0.3 is 9.30 Å². The van der Waals surface area contributed by atoms with Crippen LogP contribution in [0, 0.1) is 0 Å². The number of imidazole rings is 2. The number of hydrogen-bond acceptors (Lipinski definition) is 7. The normalized spacial score (nSPS) is 12.8. The molecular weight excluding hydrogens is 461 g/mol. The number of hydrogen-bond donors (Lipinski definition) is 0. The predicted molar refractivity (Wildman–Crippen MR) is 112 cm³/mol. The van der Waals surface area contributed by atoms with E-state index in [1.807, 2.05) is 0 Å². The number of fused-ring (bicyclic) bond motifs is 4. The molecule has 0 amide bonds. The second-order valence-corrected chi connectivity index (χ2v) is 9.37. The number of benzene rings is 1.